The quantitative estimate of drug-likeness (QED) is 0.281. The third-order valence-electron chi connectivity index (χ3n) is 4.38. The number of rotatable bonds is 7. The van der Waals surface area contributed by atoms with E-state index in [4.69, 9.17) is 16.3 Å². The first-order chi connectivity index (χ1) is 15.9. The summed E-state index contributed by atoms with van der Waals surface area (Å²) in [5, 5.41) is 9.27. The highest BCUT2D eigenvalue weighted by molar-refractivity contribution is 6.41. The second-order valence-corrected chi connectivity index (χ2v) is 7.26. The van der Waals surface area contributed by atoms with Crippen LogP contribution in [0.15, 0.2) is 77.9 Å². The number of hydrogen-bond acceptors (Lipinski definition) is 5. The minimum absolute atomic E-state index is 0.141. The standard InChI is InChI=1S/C24H21ClN4O4/c1-16-6-2-4-8-20(16)27-22(30)15-33-18-12-10-17(11-13-18)14-26-29-24(32)23(31)28-21-9-5-3-7-19(21)25/h2-14H,15H2,1H3,(H,27,30)(H,28,31)(H,29,32)/b26-14-. The second kappa shape index (κ2) is 11.4. The van der Waals surface area contributed by atoms with Crippen LogP contribution in [0, 0.1) is 6.92 Å². The van der Waals surface area contributed by atoms with Crippen LogP contribution in [0.1, 0.15) is 11.1 Å². The lowest BCUT2D eigenvalue weighted by Gasteiger charge is -2.09. The molecule has 3 rings (SSSR count). The molecule has 0 atom stereocenters. The van der Waals surface area contributed by atoms with Gasteiger partial charge < -0.3 is 15.4 Å². The Labute approximate surface area is 195 Å². The van der Waals surface area contributed by atoms with Gasteiger partial charge in [-0.05, 0) is 60.5 Å². The van der Waals surface area contributed by atoms with Gasteiger partial charge in [0.05, 0.1) is 16.9 Å². The number of ether oxygens (including phenoxy) is 1. The van der Waals surface area contributed by atoms with Crippen molar-refractivity contribution in [1.29, 1.82) is 0 Å². The number of carbonyl (C=O) groups excluding carboxylic acids is 3. The zero-order valence-corrected chi connectivity index (χ0v) is 18.4. The van der Waals surface area contributed by atoms with E-state index in [1.54, 1.807) is 48.5 Å². The van der Waals surface area contributed by atoms with E-state index in [1.807, 2.05) is 31.2 Å². The van der Waals surface area contributed by atoms with E-state index in [9.17, 15) is 14.4 Å². The zero-order chi connectivity index (χ0) is 23.6. The van der Waals surface area contributed by atoms with E-state index < -0.39 is 11.8 Å². The fourth-order valence-electron chi connectivity index (χ4n) is 2.66. The molecule has 0 unspecified atom stereocenters. The van der Waals surface area contributed by atoms with Crippen molar-refractivity contribution in [2.24, 2.45) is 5.10 Å². The highest BCUT2D eigenvalue weighted by atomic mass is 35.5. The van der Waals surface area contributed by atoms with Gasteiger partial charge in [0, 0.05) is 5.69 Å². The van der Waals surface area contributed by atoms with Gasteiger partial charge in [-0.3, -0.25) is 14.4 Å². The van der Waals surface area contributed by atoms with Crippen LogP contribution in [0.3, 0.4) is 0 Å². The molecule has 33 heavy (non-hydrogen) atoms. The molecule has 0 radical (unpaired) electrons. The maximum Gasteiger partial charge on any atom is 0.329 e. The highest BCUT2D eigenvalue weighted by Crippen LogP contribution is 2.20. The van der Waals surface area contributed by atoms with Crippen molar-refractivity contribution in [3.05, 3.63) is 88.9 Å². The normalized spacial score (nSPS) is 10.5. The average molecular weight is 465 g/mol. The smallest absolute Gasteiger partial charge is 0.329 e. The summed E-state index contributed by atoms with van der Waals surface area (Å²) in [6, 6.07) is 20.7. The highest BCUT2D eigenvalue weighted by Gasteiger charge is 2.14. The fraction of sp³-hybridized carbons (Fsp3) is 0.0833. The Balaban J connectivity index is 1.44. The number of benzene rings is 3. The van der Waals surface area contributed by atoms with Crippen molar-refractivity contribution < 1.29 is 19.1 Å². The summed E-state index contributed by atoms with van der Waals surface area (Å²) in [7, 11) is 0. The summed E-state index contributed by atoms with van der Waals surface area (Å²) in [5.74, 6) is -1.61. The second-order valence-electron chi connectivity index (χ2n) is 6.85. The van der Waals surface area contributed by atoms with Crippen LogP contribution in [0.4, 0.5) is 11.4 Å². The lowest BCUT2D eigenvalue weighted by molar-refractivity contribution is -0.136. The average Bonchev–Trinajstić information content (AvgIpc) is 2.81. The van der Waals surface area contributed by atoms with Crippen LogP contribution < -0.4 is 20.8 Å². The molecule has 0 aromatic heterocycles. The van der Waals surface area contributed by atoms with E-state index >= 15 is 0 Å². The number of halogens is 1. The zero-order valence-electron chi connectivity index (χ0n) is 17.7. The number of nitrogens with one attached hydrogen (secondary N) is 3. The van der Waals surface area contributed by atoms with E-state index in [2.05, 4.69) is 21.2 Å². The van der Waals surface area contributed by atoms with E-state index in [0.717, 1.165) is 11.3 Å². The molecule has 3 aromatic carbocycles. The molecular formula is C24H21ClN4O4. The number of nitrogens with zero attached hydrogens (tertiary/aromatic N) is 1. The lowest BCUT2D eigenvalue weighted by atomic mass is 10.2. The van der Waals surface area contributed by atoms with Crippen molar-refractivity contribution in [1.82, 2.24) is 5.43 Å². The van der Waals surface area contributed by atoms with Crippen LogP contribution in [0.2, 0.25) is 5.02 Å². The first-order valence-corrected chi connectivity index (χ1v) is 10.3. The van der Waals surface area contributed by atoms with Crippen LogP contribution in [0.5, 0.6) is 5.75 Å². The van der Waals surface area contributed by atoms with Gasteiger partial charge in [0.25, 0.3) is 5.91 Å². The first-order valence-electron chi connectivity index (χ1n) is 9.89. The monoisotopic (exact) mass is 464 g/mol. The molecule has 0 saturated carbocycles. The molecule has 0 aliphatic rings. The Bertz CT molecular complexity index is 1180. The van der Waals surface area contributed by atoms with Crippen molar-refractivity contribution in [2.75, 3.05) is 17.2 Å². The summed E-state index contributed by atoms with van der Waals surface area (Å²) in [4.78, 5) is 35.8. The summed E-state index contributed by atoms with van der Waals surface area (Å²) in [6.45, 7) is 1.77. The van der Waals surface area contributed by atoms with E-state index in [-0.39, 0.29) is 12.5 Å². The number of hydrogen-bond donors (Lipinski definition) is 3. The third kappa shape index (κ3) is 7.19. The van der Waals surface area contributed by atoms with Crippen molar-refractivity contribution >= 4 is 46.9 Å². The Morgan fingerprint density at radius 1 is 0.879 bits per heavy atom. The van der Waals surface area contributed by atoms with Gasteiger partial charge in [-0.2, -0.15) is 5.10 Å². The molecule has 168 valence electrons. The lowest BCUT2D eigenvalue weighted by Crippen LogP contribution is -2.32. The topological polar surface area (TPSA) is 109 Å². The van der Waals surface area contributed by atoms with Gasteiger partial charge in [-0.1, -0.05) is 41.9 Å². The van der Waals surface area contributed by atoms with Crippen LogP contribution in [-0.2, 0) is 14.4 Å². The fourth-order valence-corrected chi connectivity index (χ4v) is 2.84. The Morgan fingerprint density at radius 3 is 2.24 bits per heavy atom. The minimum atomic E-state index is -0.939. The van der Waals surface area contributed by atoms with Crippen molar-refractivity contribution in [3.63, 3.8) is 0 Å². The Hall–Kier alpha value is -4.17. The molecule has 9 heteroatoms. The Morgan fingerprint density at radius 2 is 1.55 bits per heavy atom. The Kier molecular flexibility index (Phi) is 8.15. The molecule has 8 nitrogen and oxygen atoms in total. The molecule has 0 fully saturated rings. The summed E-state index contributed by atoms with van der Waals surface area (Å²) in [6.07, 6.45) is 1.37. The van der Waals surface area contributed by atoms with Gasteiger partial charge >= 0.3 is 11.8 Å². The molecule has 0 aliphatic carbocycles. The predicted octanol–water partition coefficient (Wildman–Crippen LogP) is 3.75. The molecule has 3 aromatic rings. The molecular weight excluding hydrogens is 444 g/mol. The van der Waals surface area contributed by atoms with E-state index in [1.165, 1.54) is 6.21 Å². The number of para-hydroxylation sites is 2. The summed E-state index contributed by atoms with van der Waals surface area (Å²) < 4.78 is 5.49. The number of anilines is 2. The largest absolute Gasteiger partial charge is 0.484 e. The maximum atomic E-state index is 12.1. The molecule has 0 saturated heterocycles. The first kappa shape index (κ1) is 23.5. The number of hydrazone groups is 1. The molecule has 0 spiro atoms. The SMILES string of the molecule is Cc1ccccc1NC(=O)COc1ccc(/C=N\NC(=O)C(=O)Nc2ccccc2Cl)cc1. The summed E-state index contributed by atoms with van der Waals surface area (Å²) >= 11 is 5.94. The third-order valence-corrected chi connectivity index (χ3v) is 4.71. The van der Waals surface area contributed by atoms with Gasteiger partial charge in [0.15, 0.2) is 6.61 Å². The minimum Gasteiger partial charge on any atom is -0.484 e. The van der Waals surface area contributed by atoms with Gasteiger partial charge in [-0.15, -0.1) is 0 Å². The molecule has 0 heterocycles. The molecule has 3 amide bonds. The van der Waals surface area contributed by atoms with Gasteiger partial charge in [0.2, 0.25) is 0 Å². The van der Waals surface area contributed by atoms with Gasteiger partial charge in [0.1, 0.15) is 5.75 Å². The van der Waals surface area contributed by atoms with Crippen LogP contribution >= 0.6 is 11.6 Å². The van der Waals surface area contributed by atoms with Crippen LogP contribution in [-0.4, -0.2) is 30.5 Å². The number of aryl methyl sites for hydroxylation is 1. The number of carbonyl (C=O) groups is 3. The molecule has 3 N–H and O–H groups in total. The van der Waals surface area contributed by atoms with E-state index in [0.29, 0.717) is 22.0 Å². The van der Waals surface area contributed by atoms with Crippen molar-refractivity contribution in [3.8, 4) is 5.75 Å². The summed E-state index contributed by atoms with van der Waals surface area (Å²) in [5.41, 5.74) is 4.82. The maximum absolute atomic E-state index is 12.1. The molecule has 0 bridgehead atoms. The number of amides is 3. The predicted molar refractivity (Wildman–Crippen MR) is 128 cm³/mol. The van der Waals surface area contributed by atoms with Gasteiger partial charge in [-0.25, -0.2) is 5.43 Å². The molecule has 0 aliphatic heterocycles. The van der Waals surface area contributed by atoms with Crippen molar-refractivity contribution in [2.45, 2.75) is 6.92 Å². The van der Waals surface area contributed by atoms with Crippen LogP contribution in [0.25, 0.3) is 0 Å².